The normalized spacial score (nSPS) is 14.2. The molecule has 188 valence electrons. The fourth-order valence-electron chi connectivity index (χ4n) is 3.80. The third-order valence-electron chi connectivity index (χ3n) is 5.16. The highest BCUT2D eigenvalue weighted by molar-refractivity contribution is 5.99. The maximum absolute atomic E-state index is 13.6. The minimum Gasteiger partial charge on any atom is -0.406 e. The van der Waals surface area contributed by atoms with Crippen LogP contribution in [0, 0.1) is 22.7 Å². The number of alkyl halides is 3. The molecule has 2 aromatic carbocycles. The third-order valence-corrected chi connectivity index (χ3v) is 5.16. The number of nitrogens with zero attached hydrogens (tertiary/aromatic N) is 1. The number of benzene rings is 2. The summed E-state index contributed by atoms with van der Waals surface area (Å²) in [5.41, 5.74) is 0.539. The lowest BCUT2D eigenvalue weighted by atomic mass is 9.81. The standard InChI is InChI=1S/C24H28F3N5O3/c1-15(2)13-32(30)22(17(11-28)12-29)21(20-9-4-3-6-16(20)14-33)23(34)31-18-7-5-8-19(10-18)35-24(25,26)27/h3-12,14-15,17,21-22,28-29H,13,30H2,1-2H3,(H,31,34). The Morgan fingerprint density at radius 1 is 1.14 bits per heavy atom. The molecule has 0 fully saturated rings. The third kappa shape index (κ3) is 7.72. The predicted octanol–water partition coefficient (Wildman–Crippen LogP) is 4.24. The molecule has 0 aliphatic rings. The summed E-state index contributed by atoms with van der Waals surface area (Å²) in [5, 5.41) is 19.6. The molecule has 0 aromatic heterocycles. The molecule has 0 saturated carbocycles. The van der Waals surface area contributed by atoms with Crippen LogP contribution in [0.1, 0.15) is 35.7 Å². The lowest BCUT2D eigenvalue weighted by molar-refractivity contribution is -0.274. The first-order chi connectivity index (χ1) is 16.5. The predicted molar refractivity (Wildman–Crippen MR) is 127 cm³/mol. The molecule has 0 saturated heterocycles. The maximum Gasteiger partial charge on any atom is 0.573 e. The Kier molecular flexibility index (Phi) is 9.67. The number of nitrogens with one attached hydrogen (secondary N) is 3. The number of carbonyl (C=O) groups excluding carboxylic acids is 2. The Morgan fingerprint density at radius 3 is 2.37 bits per heavy atom. The summed E-state index contributed by atoms with van der Waals surface area (Å²) < 4.78 is 41.8. The number of rotatable bonds is 12. The van der Waals surface area contributed by atoms with E-state index in [0.29, 0.717) is 18.4 Å². The molecule has 0 aliphatic heterocycles. The van der Waals surface area contributed by atoms with Crippen LogP contribution in [0.2, 0.25) is 0 Å². The molecule has 35 heavy (non-hydrogen) atoms. The van der Waals surface area contributed by atoms with Crippen LogP contribution in [0.15, 0.2) is 48.5 Å². The second-order valence-electron chi connectivity index (χ2n) is 8.28. The number of aldehydes is 1. The summed E-state index contributed by atoms with van der Waals surface area (Å²) in [4.78, 5) is 25.4. The van der Waals surface area contributed by atoms with Crippen molar-refractivity contribution in [1.29, 1.82) is 10.8 Å². The van der Waals surface area contributed by atoms with E-state index >= 15 is 0 Å². The van der Waals surface area contributed by atoms with E-state index in [1.54, 1.807) is 18.2 Å². The van der Waals surface area contributed by atoms with Gasteiger partial charge in [0, 0.05) is 42.2 Å². The van der Waals surface area contributed by atoms with Crippen molar-refractivity contribution < 1.29 is 27.5 Å². The molecule has 11 heteroatoms. The van der Waals surface area contributed by atoms with Gasteiger partial charge in [-0.25, -0.2) is 5.01 Å². The summed E-state index contributed by atoms with van der Waals surface area (Å²) in [6.07, 6.45) is -2.35. The van der Waals surface area contributed by atoms with Gasteiger partial charge in [-0.1, -0.05) is 44.2 Å². The van der Waals surface area contributed by atoms with Gasteiger partial charge in [0.1, 0.15) is 12.0 Å². The lowest BCUT2D eigenvalue weighted by Crippen LogP contribution is -2.53. The molecule has 0 heterocycles. The molecule has 0 aliphatic carbocycles. The maximum atomic E-state index is 13.6. The number of hydrogen-bond acceptors (Lipinski definition) is 7. The van der Waals surface area contributed by atoms with Gasteiger partial charge in [-0.05, 0) is 23.6 Å². The summed E-state index contributed by atoms with van der Waals surface area (Å²) in [5.74, 6) is 3.16. The van der Waals surface area contributed by atoms with Crippen LogP contribution >= 0.6 is 0 Å². The topological polar surface area (TPSA) is 132 Å². The number of carbonyl (C=O) groups is 2. The first-order valence-corrected chi connectivity index (χ1v) is 10.7. The fourth-order valence-corrected chi connectivity index (χ4v) is 3.80. The Labute approximate surface area is 201 Å². The largest absolute Gasteiger partial charge is 0.573 e. The van der Waals surface area contributed by atoms with Crippen LogP contribution in [0.25, 0.3) is 0 Å². The average Bonchev–Trinajstić information content (AvgIpc) is 2.77. The van der Waals surface area contributed by atoms with Crippen molar-refractivity contribution in [3.05, 3.63) is 59.7 Å². The van der Waals surface area contributed by atoms with Crippen molar-refractivity contribution in [2.24, 2.45) is 17.7 Å². The molecule has 1 amide bonds. The fraction of sp³-hybridized carbons (Fsp3) is 0.333. The number of amides is 1. The van der Waals surface area contributed by atoms with Crippen LogP contribution < -0.4 is 15.9 Å². The van der Waals surface area contributed by atoms with Crippen molar-refractivity contribution in [1.82, 2.24) is 5.01 Å². The molecular weight excluding hydrogens is 463 g/mol. The molecular formula is C24H28F3N5O3. The number of ether oxygens (including phenoxy) is 1. The first kappa shape index (κ1) is 27.7. The van der Waals surface area contributed by atoms with Crippen molar-refractivity contribution in [2.75, 3.05) is 11.9 Å². The quantitative estimate of drug-likeness (QED) is 0.153. The SMILES string of the molecule is CC(C)CN(N)C(C(C=N)C=N)C(C(=O)Nc1cccc(OC(F)(F)F)c1)c1ccccc1C=O. The van der Waals surface area contributed by atoms with Gasteiger partial charge in [0.15, 0.2) is 0 Å². The van der Waals surface area contributed by atoms with Crippen molar-refractivity contribution >= 4 is 30.3 Å². The Bertz CT molecular complexity index is 1040. The highest BCUT2D eigenvalue weighted by Gasteiger charge is 2.39. The zero-order valence-electron chi connectivity index (χ0n) is 19.3. The van der Waals surface area contributed by atoms with Crippen molar-refractivity contribution in [2.45, 2.75) is 32.2 Å². The van der Waals surface area contributed by atoms with E-state index < -0.39 is 35.9 Å². The Balaban J connectivity index is 2.58. The van der Waals surface area contributed by atoms with Crippen LogP contribution in [0.5, 0.6) is 5.75 Å². The van der Waals surface area contributed by atoms with Crippen LogP contribution in [-0.4, -0.2) is 48.6 Å². The van der Waals surface area contributed by atoms with E-state index in [0.717, 1.165) is 24.6 Å². The molecule has 2 rings (SSSR count). The minimum absolute atomic E-state index is 0.0257. The second kappa shape index (κ2) is 12.2. The van der Waals surface area contributed by atoms with Crippen LogP contribution in [0.3, 0.4) is 0 Å². The van der Waals surface area contributed by atoms with Crippen LogP contribution in [0.4, 0.5) is 18.9 Å². The zero-order valence-corrected chi connectivity index (χ0v) is 19.3. The number of anilines is 1. The summed E-state index contributed by atoms with van der Waals surface area (Å²) >= 11 is 0. The van der Waals surface area contributed by atoms with Crippen molar-refractivity contribution in [3.8, 4) is 5.75 Å². The molecule has 8 nitrogen and oxygen atoms in total. The Morgan fingerprint density at radius 2 is 1.80 bits per heavy atom. The number of halogens is 3. The van der Waals surface area contributed by atoms with E-state index in [-0.39, 0.29) is 17.2 Å². The van der Waals surface area contributed by atoms with E-state index in [4.69, 9.17) is 16.7 Å². The molecule has 2 atom stereocenters. The van der Waals surface area contributed by atoms with E-state index in [1.165, 1.54) is 23.2 Å². The summed E-state index contributed by atoms with van der Waals surface area (Å²) in [7, 11) is 0. The van der Waals surface area contributed by atoms with Gasteiger partial charge < -0.3 is 20.9 Å². The van der Waals surface area contributed by atoms with Crippen LogP contribution in [-0.2, 0) is 4.79 Å². The summed E-state index contributed by atoms with van der Waals surface area (Å²) in [6, 6.07) is 10.2. The molecule has 0 spiro atoms. The van der Waals surface area contributed by atoms with Gasteiger partial charge in [0.2, 0.25) is 5.91 Å². The summed E-state index contributed by atoms with van der Waals surface area (Å²) in [6.45, 7) is 4.12. The highest BCUT2D eigenvalue weighted by Crippen LogP contribution is 2.32. The van der Waals surface area contributed by atoms with Gasteiger partial charge in [-0.2, -0.15) is 0 Å². The molecule has 0 bridgehead atoms. The minimum atomic E-state index is -4.91. The van der Waals surface area contributed by atoms with Gasteiger partial charge >= 0.3 is 6.36 Å². The van der Waals surface area contributed by atoms with Gasteiger partial charge in [0.05, 0.1) is 12.0 Å². The lowest BCUT2D eigenvalue weighted by Gasteiger charge is -2.37. The number of nitrogens with two attached hydrogens (primary N) is 1. The Hall–Kier alpha value is -3.57. The first-order valence-electron chi connectivity index (χ1n) is 10.7. The molecule has 2 unspecified atom stereocenters. The van der Waals surface area contributed by atoms with E-state index in [1.807, 2.05) is 13.8 Å². The monoisotopic (exact) mass is 491 g/mol. The van der Waals surface area contributed by atoms with Gasteiger partial charge in [0.25, 0.3) is 0 Å². The highest BCUT2D eigenvalue weighted by atomic mass is 19.4. The molecule has 5 N–H and O–H groups in total. The van der Waals surface area contributed by atoms with Crippen molar-refractivity contribution in [3.63, 3.8) is 0 Å². The smallest absolute Gasteiger partial charge is 0.406 e. The molecule has 2 aromatic rings. The average molecular weight is 492 g/mol. The number of hydrogen-bond donors (Lipinski definition) is 4. The van der Waals surface area contributed by atoms with Gasteiger partial charge in [-0.15, -0.1) is 13.2 Å². The van der Waals surface area contributed by atoms with E-state index in [9.17, 15) is 22.8 Å². The second-order valence-corrected chi connectivity index (χ2v) is 8.28. The number of hydrazine groups is 1. The molecule has 0 radical (unpaired) electrons. The zero-order chi connectivity index (χ0) is 26.2. The van der Waals surface area contributed by atoms with Gasteiger partial charge in [-0.3, -0.25) is 15.4 Å². The van der Waals surface area contributed by atoms with E-state index in [2.05, 4.69) is 10.1 Å².